The Hall–Kier alpha value is -1.79. The lowest BCUT2D eigenvalue weighted by Gasteiger charge is -2.20. The number of halogens is 1. The first-order valence-corrected chi connectivity index (χ1v) is 7.57. The van der Waals surface area contributed by atoms with Gasteiger partial charge in [0.1, 0.15) is 6.10 Å². The van der Waals surface area contributed by atoms with Crippen LogP contribution in [0.2, 0.25) is 5.02 Å². The highest BCUT2D eigenvalue weighted by atomic mass is 35.5. The Balaban J connectivity index is 1.82. The van der Waals surface area contributed by atoms with Gasteiger partial charge in [0.15, 0.2) is 0 Å². The van der Waals surface area contributed by atoms with Gasteiger partial charge in [0.25, 0.3) is 0 Å². The summed E-state index contributed by atoms with van der Waals surface area (Å²) in [6.07, 6.45) is 0.989. The fourth-order valence-corrected chi connectivity index (χ4v) is 2.51. The summed E-state index contributed by atoms with van der Waals surface area (Å²) in [4.78, 5) is 22.2. The summed E-state index contributed by atoms with van der Waals surface area (Å²) < 4.78 is 5.69. The number of rotatable bonds is 6. The Morgan fingerprint density at radius 3 is 2.73 bits per heavy atom. The zero-order valence-electron chi connectivity index (χ0n) is 12.0. The summed E-state index contributed by atoms with van der Waals surface area (Å²) in [5.74, 6) is -0.866. The summed E-state index contributed by atoms with van der Waals surface area (Å²) >= 11 is 5.87. The number of carbonyl (C=O) groups excluding carboxylic acids is 1. The molecule has 1 saturated heterocycles. The maximum Gasteiger partial charge on any atom is 0.315 e. The van der Waals surface area contributed by atoms with E-state index in [1.807, 2.05) is 12.1 Å². The highest BCUT2D eigenvalue weighted by molar-refractivity contribution is 6.30. The van der Waals surface area contributed by atoms with E-state index in [1.54, 1.807) is 12.1 Å². The molecule has 0 bridgehead atoms. The molecule has 1 fully saturated rings. The van der Waals surface area contributed by atoms with Crippen molar-refractivity contribution >= 4 is 23.6 Å². The number of carbonyl (C=O) groups is 2. The molecule has 0 aromatic heterocycles. The molecule has 22 heavy (non-hydrogen) atoms. The molecule has 2 rings (SSSR count). The molecule has 2 atom stereocenters. The maximum absolute atomic E-state index is 11.8. The van der Waals surface area contributed by atoms with Gasteiger partial charge in [-0.05, 0) is 30.5 Å². The summed E-state index contributed by atoms with van der Waals surface area (Å²) in [6, 6.07) is 6.94. The van der Waals surface area contributed by atoms with Crippen molar-refractivity contribution in [3.05, 3.63) is 34.9 Å². The van der Waals surface area contributed by atoms with Crippen LogP contribution in [0.3, 0.4) is 0 Å². The lowest BCUT2D eigenvalue weighted by atomic mass is 10.0. The van der Waals surface area contributed by atoms with Crippen molar-refractivity contribution in [2.75, 3.05) is 13.2 Å². The largest absolute Gasteiger partial charge is 0.481 e. The molecule has 0 aliphatic carbocycles. The molecule has 0 radical (unpaired) electrons. The van der Waals surface area contributed by atoms with Crippen molar-refractivity contribution in [2.24, 2.45) is 0 Å². The molecule has 2 amide bonds. The number of carboxylic acid groups (broad SMARTS) is 1. The normalized spacial score (nSPS) is 20.6. The smallest absolute Gasteiger partial charge is 0.315 e. The Morgan fingerprint density at radius 2 is 2.05 bits per heavy atom. The third kappa shape index (κ3) is 4.89. The van der Waals surface area contributed by atoms with Gasteiger partial charge in [-0.1, -0.05) is 23.7 Å². The van der Waals surface area contributed by atoms with Crippen LogP contribution in [0.4, 0.5) is 4.79 Å². The van der Waals surface area contributed by atoms with E-state index in [0.717, 1.165) is 12.0 Å². The summed E-state index contributed by atoms with van der Waals surface area (Å²) in [6.45, 7) is 0.911. The SMILES string of the molecule is O=C(O)CCCNC(=O)NC1CCOC1c1ccc(Cl)cc1. The monoisotopic (exact) mass is 326 g/mol. The predicted octanol–water partition coefficient (Wildman–Crippen LogP) is 2.33. The van der Waals surface area contributed by atoms with E-state index in [0.29, 0.717) is 24.6 Å². The molecule has 7 heteroatoms. The zero-order chi connectivity index (χ0) is 15.9. The van der Waals surface area contributed by atoms with Crippen LogP contribution in [0.25, 0.3) is 0 Å². The summed E-state index contributed by atoms with van der Waals surface area (Å²) in [5.41, 5.74) is 0.970. The Morgan fingerprint density at radius 1 is 1.32 bits per heavy atom. The second kappa shape index (κ2) is 8.00. The van der Waals surface area contributed by atoms with Gasteiger partial charge in [-0.15, -0.1) is 0 Å². The minimum Gasteiger partial charge on any atom is -0.481 e. The van der Waals surface area contributed by atoms with Crippen LogP contribution in [-0.2, 0) is 9.53 Å². The molecule has 1 aromatic carbocycles. The molecule has 1 aliphatic rings. The Kier molecular flexibility index (Phi) is 6.03. The predicted molar refractivity (Wildman–Crippen MR) is 82.0 cm³/mol. The van der Waals surface area contributed by atoms with Gasteiger partial charge >= 0.3 is 12.0 Å². The third-order valence-corrected chi connectivity index (χ3v) is 3.71. The van der Waals surface area contributed by atoms with Crippen LogP contribution >= 0.6 is 11.6 Å². The van der Waals surface area contributed by atoms with Crippen molar-refractivity contribution in [2.45, 2.75) is 31.4 Å². The van der Waals surface area contributed by atoms with E-state index in [4.69, 9.17) is 21.4 Å². The number of hydrogen-bond acceptors (Lipinski definition) is 3. The van der Waals surface area contributed by atoms with Crippen LogP contribution < -0.4 is 10.6 Å². The third-order valence-electron chi connectivity index (χ3n) is 3.46. The first-order chi connectivity index (χ1) is 10.6. The molecular weight excluding hydrogens is 308 g/mol. The molecule has 6 nitrogen and oxygen atoms in total. The molecule has 3 N–H and O–H groups in total. The van der Waals surface area contributed by atoms with Crippen LogP contribution in [0.5, 0.6) is 0 Å². The number of amides is 2. The van der Waals surface area contributed by atoms with Crippen LogP contribution in [-0.4, -0.2) is 36.3 Å². The molecule has 1 heterocycles. The average molecular weight is 327 g/mol. The van der Waals surface area contributed by atoms with Gasteiger partial charge in [0.2, 0.25) is 0 Å². The van der Waals surface area contributed by atoms with Gasteiger partial charge in [0, 0.05) is 24.6 Å². The number of urea groups is 1. The van der Waals surface area contributed by atoms with Gasteiger partial charge in [-0.2, -0.15) is 0 Å². The van der Waals surface area contributed by atoms with E-state index in [9.17, 15) is 9.59 Å². The minimum atomic E-state index is -0.866. The Labute approximate surface area is 133 Å². The first kappa shape index (κ1) is 16.6. The number of ether oxygens (including phenoxy) is 1. The van der Waals surface area contributed by atoms with Crippen LogP contribution in [0.1, 0.15) is 30.9 Å². The highest BCUT2D eigenvalue weighted by Crippen LogP contribution is 2.29. The van der Waals surface area contributed by atoms with Crippen molar-refractivity contribution in [1.29, 1.82) is 0 Å². The topological polar surface area (TPSA) is 87.7 Å². The molecule has 0 saturated carbocycles. The van der Waals surface area contributed by atoms with Gasteiger partial charge < -0.3 is 20.5 Å². The van der Waals surface area contributed by atoms with E-state index in [2.05, 4.69) is 10.6 Å². The average Bonchev–Trinajstić information content (AvgIpc) is 2.92. The van der Waals surface area contributed by atoms with Gasteiger partial charge in [-0.3, -0.25) is 4.79 Å². The molecule has 1 aliphatic heterocycles. The fourth-order valence-electron chi connectivity index (χ4n) is 2.38. The number of carboxylic acids is 1. The van der Waals surface area contributed by atoms with Crippen molar-refractivity contribution in [1.82, 2.24) is 10.6 Å². The molecule has 120 valence electrons. The van der Waals surface area contributed by atoms with E-state index >= 15 is 0 Å². The minimum absolute atomic E-state index is 0.0419. The number of nitrogens with one attached hydrogen (secondary N) is 2. The fraction of sp³-hybridized carbons (Fsp3) is 0.467. The first-order valence-electron chi connectivity index (χ1n) is 7.19. The Bertz CT molecular complexity index is 521. The lowest BCUT2D eigenvalue weighted by molar-refractivity contribution is -0.137. The second-order valence-corrected chi connectivity index (χ2v) is 5.57. The van der Waals surface area contributed by atoms with E-state index in [1.165, 1.54) is 0 Å². The number of benzene rings is 1. The summed E-state index contributed by atoms with van der Waals surface area (Å²) in [5, 5.41) is 14.7. The van der Waals surface area contributed by atoms with Crippen LogP contribution in [0, 0.1) is 0 Å². The van der Waals surface area contributed by atoms with Gasteiger partial charge in [0.05, 0.1) is 6.04 Å². The maximum atomic E-state index is 11.8. The van der Waals surface area contributed by atoms with E-state index in [-0.39, 0.29) is 24.6 Å². The molecule has 0 spiro atoms. The highest BCUT2D eigenvalue weighted by Gasteiger charge is 2.30. The van der Waals surface area contributed by atoms with Crippen molar-refractivity contribution in [3.63, 3.8) is 0 Å². The van der Waals surface area contributed by atoms with Crippen molar-refractivity contribution < 1.29 is 19.4 Å². The van der Waals surface area contributed by atoms with Crippen molar-refractivity contribution in [3.8, 4) is 0 Å². The molecular formula is C15H19ClN2O4. The standard InChI is InChI=1S/C15H19ClN2O4/c16-11-5-3-10(4-6-11)14-12(7-9-22-14)18-15(21)17-8-1-2-13(19)20/h3-6,12,14H,1-2,7-9H2,(H,19,20)(H2,17,18,21). The molecule has 1 aromatic rings. The van der Waals surface area contributed by atoms with Gasteiger partial charge in [-0.25, -0.2) is 4.79 Å². The van der Waals surface area contributed by atoms with Crippen LogP contribution in [0.15, 0.2) is 24.3 Å². The quantitative estimate of drug-likeness (QED) is 0.700. The van der Waals surface area contributed by atoms with E-state index < -0.39 is 5.97 Å². The number of aliphatic carboxylic acids is 1. The lowest BCUT2D eigenvalue weighted by Crippen LogP contribution is -2.43. The summed E-state index contributed by atoms with van der Waals surface area (Å²) in [7, 11) is 0. The number of hydrogen-bond donors (Lipinski definition) is 3. The zero-order valence-corrected chi connectivity index (χ0v) is 12.8. The second-order valence-electron chi connectivity index (χ2n) is 5.14. The molecule has 2 unspecified atom stereocenters.